The van der Waals surface area contributed by atoms with Crippen LogP contribution in [-0.4, -0.2) is 29.8 Å². The van der Waals surface area contributed by atoms with Gasteiger partial charge < -0.3 is 9.84 Å². The molecule has 7 heteroatoms. The Bertz CT molecular complexity index is 1060. The zero-order chi connectivity index (χ0) is 18.1. The first-order valence-corrected chi connectivity index (χ1v) is 10.0. The first-order chi connectivity index (χ1) is 12.5. The number of hydrogen-bond donors (Lipinski definition) is 1. The van der Waals surface area contributed by atoms with Crippen molar-refractivity contribution in [3.63, 3.8) is 0 Å². The summed E-state index contributed by atoms with van der Waals surface area (Å²) >= 11 is 0. The maximum absolute atomic E-state index is 13.1. The van der Waals surface area contributed by atoms with E-state index in [1.165, 1.54) is 10.2 Å². The van der Waals surface area contributed by atoms with Gasteiger partial charge in [0.15, 0.2) is 0 Å². The third kappa shape index (κ3) is 2.11. The largest absolute Gasteiger partial charge is 0.384 e. The summed E-state index contributed by atoms with van der Waals surface area (Å²) in [5.41, 5.74) is 4.04. The molecular weight excluding hydrogens is 352 g/mol. The highest BCUT2D eigenvalue weighted by atomic mass is 32.2. The van der Waals surface area contributed by atoms with Crippen molar-refractivity contribution in [2.45, 2.75) is 43.0 Å². The third-order valence-corrected chi connectivity index (χ3v) is 7.08. The fraction of sp³-hybridized carbons (Fsp3) is 0.316. The zero-order valence-electron chi connectivity index (χ0n) is 14.2. The van der Waals surface area contributed by atoms with Gasteiger partial charge in [-0.3, -0.25) is 4.99 Å². The van der Waals surface area contributed by atoms with Crippen LogP contribution in [0, 0.1) is 6.92 Å². The van der Waals surface area contributed by atoms with E-state index in [1.54, 1.807) is 30.3 Å². The van der Waals surface area contributed by atoms with Crippen LogP contribution in [0.1, 0.15) is 41.9 Å². The Hall–Kier alpha value is -2.22. The molecule has 1 aromatic heterocycles. The lowest BCUT2D eigenvalue weighted by atomic mass is 9.86. The Morgan fingerprint density at radius 2 is 2.00 bits per heavy atom. The highest BCUT2D eigenvalue weighted by Gasteiger charge is 2.45. The van der Waals surface area contributed by atoms with E-state index < -0.39 is 22.2 Å². The van der Waals surface area contributed by atoms with Crippen molar-refractivity contribution in [3.8, 4) is 0 Å². The molecule has 1 aromatic carbocycles. The summed E-state index contributed by atoms with van der Waals surface area (Å²) < 4.78 is 33.5. The molecule has 0 radical (unpaired) electrons. The smallest absolute Gasteiger partial charge is 0.267 e. The summed E-state index contributed by atoms with van der Waals surface area (Å²) in [7, 11) is -3.79. The molecule has 0 fully saturated rings. The van der Waals surface area contributed by atoms with Crippen LogP contribution < -0.4 is 0 Å². The summed E-state index contributed by atoms with van der Waals surface area (Å²) in [5.74, 6) is 0. The number of aromatic nitrogens is 1. The molecule has 0 saturated carbocycles. The van der Waals surface area contributed by atoms with E-state index in [0.717, 1.165) is 22.4 Å². The fourth-order valence-corrected chi connectivity index (χ4v) is 5.44. The van der Waals surface area contributed by atoms with E-state index in [0.29, 0.717) is 18.5 Å². The molecule has 0 aliphatic carbocycles. The number of aliphatic hydroxyl groups excluding tert-OH is 1. The summed E-state index contributed by atoms with van der Waals surface area (Å²) in [4.78, 5) is 4.60. The van der Waals surface area contributed by atoms with Crippen LogP contribution in [0.3, 0.4) is 0 Å². The SMILES string of the molecule is Cc1ccc(S(=O)(=O)n2ccc3c2C(O)C2OC3CC3=C2CC=N3)cc1. The van der Waals surface area contributed by atoms with Crippen molar-refractivity contribution >= 4 is 16.2 Å². The predicted molar refractivity (Wildman–Crippen MR) is 95.5 cm³/mol. The topological polar surface area (TPSA) is 80.9 Å². The molecule has 2 bridgehead atoms. The molecule has 3 aliphatic rings. The lowest BCUT2D eigenvalue weighted by Gasteiger charge is -2.39. The van der Waals surface area contributed by atoms with Crippen molar-refractivity contribution in [2.24, 2.45) is 4.99 Å². The first-order valence-electron chi connectivity index (χ1n) is 8.58. The number of aliphatic imine (C=N–C) groups is 1. The van der Waals surface area contributed by atoms with Crippen molar-refractivity contribution < 1.29 is 18.3 Å². The summed E-state index contributed by atoms with van der Waals surface area (Å²) in [5, 5.41) is 10.9. The lowest BCUT2D eigenvalue weighted by molar-refractivity contribution is -0.0888. The van der Waals surface area contributed by atoms with E-state index in [-0.39, 0.29) is 11.0 Å². The van der Waals surface area contributed by atoms with Crippen LogP contribution in [0.4, 0.5) is 0 Å². The van der Waals surface area contributed by atoms with E-state index in [4.69, 9.17) is 4.74 Å². The van der Waals surface area contributed by atoms with Crippen LogP contribution in [0.5, 0.6) is 0 Å². The van der Waals surface area contributed by atoms with Gasteiger partial charge in [0.2, 0.25) is 0 Å². The maximum atomic E-state index is 13.1. The molecule has 3 atom stereocenters. The van der Waals surface area contributed by atoms with Crippen LogP contribution in [-0.2, 0) is 14.8 Å². The van der Waals surface area contributed by atoms with Gasteiger partial charge in [-0.2, -0.15) is 0 Å². The standard InChI is InChI=1S/C19H18N2O4S/c1-11-2-4-12(5-3-11)26(23,24)21-9-7-14-16-10-15-13(6-8-20-15)19(25-16)18(22)17(14)21/h2-5,7-9,16,18-19,22H,6,10H2,1H3. The molecule has 3 unspecified atom stereocenters. The number of fused-ring (bicyclic) bond motifs is 5. The average Bonchev–Trinajstić information content (AvgIpc) is 3.27. The number of benzene rings is 1. The molecule has 6 nitrogen and oxygen atoms in total. The zero-order valence-corrected chi connectivity index (χ0v) is 15.0. The van der Waals surface area contributed by atoms with Gasteiger partial charge in [-0.25, -0.2) is 12.4 Å². The Kier molecular flexibility index (Phi) is 3.31. The lowest BCUT2D eigenvalue weighted by Crippen LogP contribution is -2.37. The van der Waals surface area contributed by atoms with E-state index in [9.17, 15) is 13.5 Å². The van der Waals surface area contributed by atoms with E-state index in [2.05, 4.69) is 4.99 Å². The van der Waals surface area contributed by atoms with Gasteiger partial charge in [0, 0.05) is 36.5 Å². The van der Waals surface area contributed by atoms with Crippen LogP contribution in [0.25, 0.3) is 0 Å². The van der Waals surface area contributed by atoms with Gasteiger partial charge in [0.25, 0.3) is 10.0 Å². The molecule has 0 saturated heterocycles. The number of aryl methyl sites for hydroxylation is 1. The van der Waals surface area contributed by atoms with Gasteiger partial charge in [-0.05, 0) is 30.7 Å². The number of nitrogens with zero attached hydrogens (tertiary/aromatic N) is 2. The molecule has 0 amide bonds. The van der Waals surface area contributed by atoms with Crippen LogP contribution in [0.2, 0.25) is 0 Å². The molecule has 2 aromatic rings. The summed E-state index contributed by atoms with van der Waals surface area (Å²) in [6.07, 6.45) is 2.73. The first kappa shape index (κ1) is 16.0. The minimum atomic E-state index is -3.79. The molecular formula is C19H18N2O4S. The van der Waals surface area contributed by atoms with Crippen molar-refractivity contribution in [1.82, 2.24) is 3.97 Å². The van der Waals surface area contributed by atoms with E-state index >= 15 is 0 Å². The Morgan fingerprint density at radius 3 is 2.77 bits per heavy atom. The second-order valence-electron chi connectivity index (χ2n) is 6.95. The Morgan fingerprint density at radius 1 is 1.23 bits per heavy atom. The fourth-order valence-electron chi connectivity index (χ4n) is 4.04. The van der Waals surface area contributed by atoms with Crippen molar-refractivity contribution in [1.29, 1.82) is 0 Å². The summed E-state index contributed by atoms with van der Waals surface area (Å²) in [6.45, 7) is 1.91. The quantitative estimate of drug-likeness (QED) is 0.881. The number of aliphatic hydroxyl groups is 1. The number of ether oxygens (including phenoxy) is 1. The second kappa shape index (κ2) is 5.39. The van der Waals surface area contributed by atoms with Gasteiger partial charge in [-0.1, -0.05) is 17.7 Å². The van der Waals surface area contributed by atoms with Crippen LogP contribution >= 0.6 is 0 Å². The average molecular weight is 370 g/mol. The molecule has 26 heavy (non-hydrogen) atoms. The molecule has 5 rings (SSSR count). The van der Waals surface area contributed by atoms with E-state index in [1.807, 2.05) is 13.1 Å². The minimum absolute atomic E-state index is 0.203. The van der Waals surface area contributed by atoms with Gasteiger partial charge in [0.05, 0.1) is 16.7 Å². The molecule has 0 spiro atoms. The highest BCUT2D eigenvalue weighted by Crippen LogP contribution is 2.49. The molecule has 4 heterocycles. The Balaban J connectivity index is 1.63. The van der Waals surface area contributed by atoms with Crippen molar-refractivity contribution in [2.75, 3.05) is 0 Å². The third-order valence-electron chi connectivity index (χ3n) is 5.38. The minimum Gasteiger partial charge on any atom is -0.384 e. The van der Waals surface area contributed by atoms with Gasteiger partial charge in [-0.15, -0.1) is 0 Å². The predicted octanol–water partition coefficient (Wildman–Crippen LogP) is 2.64. The second-order valence-corrected chi connectivity index (χ2v) is 8.77. The highest BCUT2D eigenvalue weighted by molar-refractivity contribution is 7.90. The molecule has 134 valence electrons. The summed E-state index contributed by atoms with van der Waals surface area (Å²) in [6, 6.07) is 8.45. The van der Waals surface area contributed by atoms with Crippen LogP contribution in [0.15, 0.2) is 57.7 Å². The number of rotatable bonds is 2. The van der Waals surface area contributed by atoms with Crippen molar-refractivity contribution in [3.05, 3.63) is 64.6 Å². The maximum Gasteiger partial charge on any atom is 0.267 e. The number of hydrogen-bond acceptors (Lipinski definition) is 5. The molecule has 1 N–H and O–H groups in total. The normalized spacial score (nSPS) is 26.8. The Labute approximate surface area is 151 Å². The van der Waals surface area contributed by atoms with Gasteiger partial charge in [0.1, 0.15) is 12.2 Å². The monoisotopic (exact) mass is 370 g/mol. The molecule has 3 aliphatic heterocycles. The van der Waals surface area contributed by atoms with Gasteiger partial charge >= 0.3 is 0 Å².